The summed E-state index contributed by atoms with van der Waals surface area (Å²) in [4.78, 5) is 31.0. The van der Waals surface area contributed by atoms with Gasteiger partial charge in [-0.15, -0.1) is 0 Å². The van der Waals surface area contributed by atoms with Crippen LogP contribution in [-0.2, 0) is 4.79 Å². The number of benzene rings is 1. The van der Waals surface area contributed by atoms with Crippen LogP contribution in [0.2, 0.25) is 0 Å². The summed E-state index contributed by atoms with van der Waals surface area (Å²) in [6, 6.07) is 5.10. The molecule has 1 saturated carbocycles. The molecule has 6 heteroatoms. The maximum Gasteiger partial charge on any atom is 0.329 e. The molecule has 1 heterocycles. The Morgan fingerprint density at radius 3 is 2.71 bits per heavy atom. The summed E-state index contributed by atoms with van der Waals surface area (Å²) in [5.74, 6) is -1.30. The average Bonchev–Trinajstić information content (AvgIpc) is 2.95. The highest BCUT2D eigenvalue weighted by Gasteiger charge is 2.41. The zero-order chi connectivity index (χ0) is 14.9. The van der Waals surface area contributed by atoms with Gasteiger partial charge >= 0.3 is 5.97 Å². The topological polar surface area (TPSA) is 95.1 Å². The molecule has 1 aliphatic carbocycles. The van der Waals surface area contributed by atoms with Crippen molar-refractivity contribution in [3.63, 3.8) is 0 Å². The van der Waals surface area contributed by atoms with Crippen LogP contribution in [0.1, 0.15) is 42.5 Å². The van der Waals surface area contributed by atoms with Crippen molar-refractivity contribution in [1.29, 1.82) is 0 Å². The Hall–Kier alpha value is -2.37. The summed E-state index contributed by atoms with van der Waals surface area (Å²) in [6.07, 6.45) is 5.20. The smallest absolute Gasteiger partial charge is 0.329 e. The normalized spacial score (nSPS) is 17.5. The molecule has 2 aromatic rings. The van der Waals surface area contributed by atoms with E-state index < -0.39 is 11.5 Å². The minimum absolute atomic E-state index is 0.351. The summed E-state index contributed by atoms with van der Waals surface area (Å²) < 4.78 is 0. The van der Waals surface area contributed by atoms with E-state index in [4.69, 9.17) is 0 Å². The summed E-state index contributed by atoms with van der Waals surface area (Å²) >= 11 is 0. The number of fused-ring (bicyclic) bond motifs is 1. The number of aromatic amines is 1. The third kappa shape index (κ3) is 2.49. The summed E-state index contributed by atoms with van der Waals surface area (Å²) in [6.45, 7) is 0. The molecule has 0 atom stereocenters. The summed E-state index contributed by atoms with van der Waals surface area (Å²) in [5.41, 5.74) is 0.851. The first-order valence-corrected chi connectivity index (χ1v) is 7.10. The van der Waals surface area contributed by atoms with E-state index in [1.54, 1.807) is 24.5 Å². The number of aromatic nitrogens is 2. The first-order valence-electron chi connectivity index (χ1n) is 7.10. The number of carboxylic acids is 1. The lowest BCUT2D eigenvalue weighted by molar-refractivity contribution is -0.145. The van der Waals surface area contributed by atoms with E-state index in [0.29, 0.717) is 18.4 Å². The molecule has 1 aromatic carbocycles. The van der Waals surface area contributed by atoms with E-state index >= 15 is 0 Å². The number of amides is 1. The second-order valence-electron chi connectivity index (χ2n) is 5.54. The van der Waals surface area contributed by atoms with E-state index in [9.17, 15) is 14.7 Å². The molecule has 1 amide bonds. The third-order valence-corrected chi connectivity index (χ3v) is 4.15. The van der Waals surface area contributed by atoms with Crippen LogP contribution in [0.5, 0.6) is 0 Å². The van der Waals surface area contributed by atoms with Gasteiger partial charge in [-0.3, -0.25) is 4.79 Å². The van der Waals surface area contributed by atoms with Gasteiger partial charge in [-0.05, 0) is 31.0 Å². The van der Waals surface area contributed by atoms with Gasteiger partial charge in [0.25, 0.3) is 5.91 Å². The molecule has 0 aliphatic heterocycles. The Morgan fingerprint density at radius 2 is 2.00 bits per heavy atom. The van der Waals surface area contributed by atoms with Crippen LogP contribution in [0, 0.1) is 0 Å². The van der Waals surface area contributed by atoms with Crippen LogP contribution < -0.4 is 5.32 Å². The highest BCUT2D eigenvalue weighted by atomic mass is 16.4. The number of hydrogen-bond acceptors (Lipinski definition) is 3. The number of carbonyl (C=O) groups excluding carboxylic acids is 1. The molecule has 1 fully saturated rings. The number of carboxylic acid groups (broad SMARTS) is 1. The van der Waals surface area contributed by atoms with Gasteiger partial charge in [0.2, 0.25) is 0 Å². The van der Waals surface area contributed by atoms with Gasteiger partial charge in [-0.1, -0.05) is 19.3 Å². The van der Waals surface area contributed by atoms with Gasteiger partial charge < -0.3 is 15.4 Å². The fourth-order valence-electron chi connectivity index (χ4n) is 2.91. The summed E-state index contributed by atoms with van der Waals surface area (Å²) in [7, 11) is 0. The Balaban J connectivity index is 1.85. The van der Waals surface area contributed by atoms with Gasteiger partial charge in [-0.25, -0.2) is 9.78 Å². The van der Waals surface area contributed by atoms with Crippen molar-refractivity contribution in [3.8, 4) is 0 Å². The third-order valence-electron chi connectivity index (χ3n) is 4.15. The SMILES string of the molecule is O=C(NC1(C(=O)O)CCCCC1)c1ccc2nc[nH]c2c1. The Kier molecular flexibility index (Phi) is 3.37. The van der Waals surface area contributed by atoms with Gasteiger partial charge in [0.1, 0.15) is 5.54 Å². The minimum atomic E-state index is -1.13. The molecule has 1 aliphatic rings. The predicted octanol–water partition coefficient (Wildman–Crippen LogP) is 2.08. The molecular formula is C15H17N3O3. The zero-order valence-corrected chi connectivity index (χ0v) is 11.6. The molecular weight excluding hydrogens is 270 g/mol. The van der Waals surface area contributed by atoms with Crippen molar-refractivity contribution in [2.75, 3.05) is 0 Å². The van der Waals surface area contributed by atoms with Gasteiger partial charge in [-0.2, -0.15) is 0 Å². The molecule has 1 aromatic heterocycles. The number of rotatable bonds is 3. The van der Waals surface area contributed by atoms with Crippen LogP contribution in [0.4, 0.5) is 0 Å². The number of carbonyl (C=O) groups is 2. The fourth-order valence-corrected chi connectivity index (χ4v) is 2.91. The van der Waals surface area contributed by atoms with Crippen LogP contribution in [0.25, 0.3) is 11.0 Å². The zero-order valence-electron chi connectivity index (χ0n) is 11.6. The number of aliphatic carboxylic acids is 1. The molecule has 0 saturated heterocycles. The maximum absolute atomic E-state index is 12.4. The molecule has 21 heavy (non-hydrogen) atoms. The average molecular weight is 287 g/mol. The van der Waals surface area contributed by atoms with Crippen LogP contribution in [-0.4, -0.2) is 32.5 Å². The minimum Gasteiger partial charge on any atom is -0.480 e. The summed E-state index contributed by atoms with van der Waals surface area (Å²) in [5, 5.41) is 12.2. The molecule has 3 rings (SSSR count). The molecule has 0 bridgehead atoms. The molecule has 6 nitrogen and oxygen atoms in total. The first kappa shape index (κ1) is 13.6. The molecule has 0 unspecified atom stereocenters. The van der Waals surface area contributed by atoms with Crippen molar-refractivity contribution < 1.29 is 14.7 Å². The highest BCUT2D eigenvalue weighted by molar-refractivity contribution is 6.00. The second kappa shape index (κ2) is 5.20. The monoisotopic (exact) mass is 287 g/mol. The van der Waals surface area contributed by atoms with Crippen molar-refractivity contribution in [1.82, 2.24) is 15.3 Å². The van der Waals surface area contributed by atoms with Crippen LogP contribution in [0.3, 0.4) is 0 Å². The number of imidazole rings is 1. The lowest BCUT2D eigenvalue weighted by atomic mass is 9.81. The largest absolute Gasteiger partial charge is 0.480 e. The standard InChI is InChI=1S/C15H17N3O3/c19-13(10-4-5-11-12(8-10)17-9-16-11)18-15(14(20)21)6-2-1-3-7-15/h4-5,8-9H,1-3,6-7H2,(H,16,17)(H,18,19)(H,20,21). The van der Waals surface area contributed by atoms with E-state index in [2.05, 4.69) is 15.3 Å². The Morgan fingerprint density at radius 1 is 1.24 bits per heavy atom. The Labute approximate surface area is 121 Å². The molecule has 110 valence electrons. The van der Waals surface area contributed by atoms with Crippen LogP contribution in [0.15, 0.2) is 24.5 Å². The van der Waals surface area contributed by atoms with E-state index in [1.807, 2.05) is 0 Å². The number of nitrogens with one attached hydrogen (secondary N) is 2. The molecule has 0 spiro atoms. The van der Waals surface area contributed by atoms with E-state index in [1.165, 1.54) is 0 Å². The van der Waals surface area contributed by atoms with E-state index in [0.717, 1.165) is 30.3 Å². The second-order valence-corrected chi connectivity index (χ2v) is 5.54. The van der Waals surface area contributed by atoms with Gasteiger partial charge in [0, 0.05) is 5.56 Å². The van der Waals surface area contributed by atoms with Gasteiger partial charge in [0.05, 0.1) is 17.4 Å². The quantitative estimate of drug-likeness (QED) is 0.805. The van der Waals surface area contributed by atoms with Crippen molar-refractivity contribution >= 4 is 22.9 Å². The maximum atomic E-state index is 12.4. The van der Waals surface area contributed by atoms with Crippen molar-refractivity contribution in [3.05, 3.63) is 30.1 Å². The molecule has 0 radical (unpaired) electrons. The van der Waals surface area contributed by atoms with Crippen LogP contribution >= 0.6 is 0 Å². The van der Waals surface area contributed by atoms with Gasteiger partial charge in [0.15, 0.2) is 0 Å². The van der Waals surface area contributed by atoms with Crippen molar-refractivity contribution in [2.24, 2.45) is 0 Å². The van der Waals surface area contributed by atoms with E-state index in [-0.39, 0.29) is 5.91 Å². The highest BCUT2D eigenvalue weighted by Crippen LogP contribution is 2.29. The lowest BCUT2D eigenvalue weighted by Gasteiger charge is -2.33. The predicted molar refractivity (Wildman–Crippen MR) is 77.0 cm³/mol. The first-order chi connectivity index (χ1) is 10.1. The number of H-pyrrole nitrogens is 1. The lowest BCUT2D eigenvalue weighted by Crippen LogP contribution is -2.55. The molecule has 3 N–H and O–H groups in total. The number of nitrogens with zero attached hydrogens (tertiary/aromatic N) is 1. The Bertz CT molecular complexity index is 686. The van der Waals surface area contributed by atoms with Crippen molar-refractivity contribution in [2.45, 2.75) is 37.6 Å². The number of hydrogen-bond donors (Lipinski definition) is 3. The fraction of sp³-hybridized carbons (Fsp3) is 0.400.